The van der Waals surface area contributed by atoms with Gasteiger partial charge in [0.2, 0.25) is 0 Å². The highest BCUT2D eigenvalue weighted by atomic mass is 19.1. The summed E-state index contributed by atoms with van der Waals surface area (Å²) in [6.45, 7) is 7.45. The molecule has 0 atom stereocenters. The maximum Gasteiger partial charge on any atom is 0.563 e. The van der Waals surface area contributed by atoms with Crippen molar-refractivity contribution in [2.75, 3.05) is 5.73 Å². The van der Waals surface area contributed by atoms with Crippen LogP contribution in [0.5, 0.6) is 0 Å². The topological polar surface area (TPSA) is 44.5 Å². The molecule has 0 radical (unpaired) electrons. The standard InChI is InChI=1S/C11H13BFNO2/c1-7-11(2,3)16-12(15-7)8-4-9(13)6-10(14)5-8/h4-6H,1,14H2,2-3H3. The van der Waals surface area contributed by atoms with Crippen molar-refractivity contribution in [3.05, 3.63) is 36.4 Å². The Balaban J connectivity index is 2.30. The van der Waals surface area contributed by atoms with Gasteiger partial charge in [0.1, 0.15) is 11.4 Å². The van der Waals surface area contributed by atoms with E-state index in [0.717, 1.165) is 0 Å². The highest BCUT2D eigenvalue weighted by Gasteiger charge is 2.42. The van der Waals surface area contributed by atoms with Gasteiger partial charge in [-0.05, 0) is 32.0 Å². The van der Waals surface area contributed by atoms with Crippen LogP contribution in [0.15, 0.2) is 30.5 Å². The Labute approximate surface area is 94.2 Å². The highest BCUT2D eigenvalue weighted by molar-refractivity contribution is 6.62. The number of hydrogen-bond acceptors (Lipinski definition) is 3. The van der Waals surface area contributed by atoms with Crippen LogP contribution in [0.25, 0.3) is 0 Å². The Hall–Kier alpha value is -1.49. The number of rotatable bonds is 1. The molecule has 2 N–H and O–H groups in total. The number of nitrogens with two attached hydrogens (primary N) is 1. The van der Waals surface area contributed by atoms with E-state index >= 15 is 0 Å². The fourth-order valence-electron chi connectivity index (χ4n) is 1.54. The van der Waals surface area contributed by atoms with Crippen molar-refractivity contribution in [3.8, 4) is 0 Å². The van der Waals surface area contributed by atoms with Crippen LogP contribution >= 0.6 is 0 Å². The molecule has 0 bridgehead atoms. The van der Waals surface area contributed by atoms with Gasteiger partial charge in [0.15, 0.2) is 0 Å². The molecule has 0 aliphatic carbocycles. The van der Waals surface area contributed by atoms with Crippen molar-refractivity contribution < 1.29 is 13.7 Å². The van der Waals surface area contributed by atoms with E-state index < -0.39 is 18.5 Å². The molecule has 5 heteroatoms. The van der Waals surface area contributed by atoms with Gasteiger partial charge in [-0.25, -0.2) is 4.39 Å². The summed E-state index contributed by atoms with van der Waals surface area (Å²) in [6, 6.07) is 4.22. The molecule has 1 aliphatic rings. The van der Waals surface area contributed by atoms with Gasteiger partial charge in [0.05, 0.1) is 5.76 Å². The van der Waals surface area contributed by atoms with Crippen molar-refractivity contribution in [2.45, 2.75) is 19.4 Å². The van der Waals surface area contributed by atoms with E-state index in [1.165, 1.54) is 12.1 Å². The summed E-state index contributed by atoms with van der Waals surface area (Å²) in [4.78, 5) is 0. The number of benzene rings is 1. The molecule has 1 fully saturated rings. The molecule has 1 aromatic carbocycles. The van der Waals surface area contributed by atoms with Crippen LogP contribution < -0.4 is 11.2 Å². The molecular weight excluding hydrogens is 208 g/mol. The van der Waals surface area contributed by atoms with E-state index in [2.05, 4.69) is 6.58 Å². The van der Waals surface area contributed by atoms with E-state index in [1.807, 2.05) is 13.8 Å². The average Bonchev–Trinajstić information content (AvgIpc) is 2.40. The second-order valence-corrected chi connectivity index (χ2v) is 4.32. The molecule has 16 heavy (non-hydrogen) atoms. The van der Waals surface area contributed by atoms with Gasteiger partial charge < -0.3 is 15.0 Å². The van der Waals surface area contributed by atoms with E-state index in [-0.39, 0.29) is 0 Å². The third-order valence-electron chi connectivity index (χ3n) is 2.54. The molecule has 0 saturated carbocycles. The molecule has 0 unspecified atom stereocenters. The van der Waals surface area contributed by atoms with Gasteiger partial charge in [0.25, 0.3) is 0 Å². The first-order chi connectivity index (χ1) is 7.38. The van der Waals surface area contributed by atoms with E-state index in [4.69, 9.17) is 15.0 Å². The van der Waals surface area contributed by atoms with E-state index in [1.54, 1.807) is 6.07 Å². The molecule has 3 nitrogen and oxygen atoms in total. The van der Waals surface area contributed by atoms with Gasteiger partial charge in [0, 0.05) is 11.2 Å². The van der Waals surface area contributed by atoms with Crippen molar-refractivity contribution in [2.24, 2.45) is 0 Å². The molecule has 84 valence electrons. The Kier molecular flexibility index (Phi) is 2.42. The zero-order valence-electron chi connectivity index (χ0n) is 9.29. The summed E-state index contributed by atoms with van der Waals surface area (Å²) in [5.41, 5.74) is 5.90. The third kappa shape index (κ3) is 1.90. The molecule has 1 saturated heterocycles. The second kappa shape index (κ2) is 3.52. The average molecular weight is 221 g/mol. The number of nitrogen functional groups attached to an aromatic ring is 1. The summed E-state index contributed by atoms with van der Waals surface area (Å²) in [5, 5.41) is 0. The van der Waals surface area contributed by atoms with Crippen LogP contribution in [0.1, 0.15) is 13.8 Å². The van der Waals surface area contributed by atoms with Crippen molar-refractivity contribution >= 4 is 18.3 Å². The summed E-state index contributed by atoms with van der Waals surface area (Å²) in [6.07, 6.45) is 0. The van der Waals surface area contributed by atoms with Crippen LogP contribution in [0, 0.1) is 5.82 Å². The predicted octanol–water partition coefficient (Wildman–Crippen LogP) is 1.44. The minimum atomic E-state index is -0.638. The molecule has 0 aromatic heterocycles. The Morgan fingerprint density at radius 2 is 2.06 bits per heavy atom. The molecule has 0 amide bonds. The van der Waals surface area contributed by atoms with Crippen molar-refractivity contribution in [1.82, 2.24) is 0 Å². The largest absolute Gasteiger partial charge is 0.563 e. The van der Waals surface area contributed by atoms with Crippen molar-refractivity contribution in [3.63, 3.8) is 0 Å². The van der Waals surface area contributed by atoms with Gasteiger partial charge >= 0.3 is 7.12 Å². The van der Waals surface area contributed by atoms with E-state index in [0.29, 0.717) is 16.9 Å². The van der Waals surface area contributed by atoms with E-state index in [9.17, 15) is 4.39 Å². The number of anilines is 1. The van der Waals surface area contributed by atoms with Crippen LogP contribution in [-0.4, -0.2) is 12.7 Å². The lowest BCUT2D eigenvalue weighted by molar-refractivity contribution is 0.173. The first-order valence-corrected chi connectivity index (χ1v) is 4.98. The van der Waals surface area contributed by atoms with Crippen LogP contribution in [0.4, 0.5) is 10.1 Å². The maximum absolute atomic E-state index is 13.2. The smallest absolute Gasteiger partial charge is 0.534 e. The molecule has 1 heterocycles. The number of hydrogen-bond donors (Lipinski definition) is 1. The van der Waals surface area contributed by atoms with Gasteiger partial charge in [-0.3, -0.25) is 0 Å². The lowest BCUT2D eigenvalue weighted by Crippen LogP contribution is -2.34. The predicted molar refractivity (Wildman–Crippen MR) is 61.6 cm³/mol. The SMILES string of the molecule is C=C1OB(c2cc(N)cc(F)c2)OC1(C)C. The molecule has 1 aromatic rings. The summed E-state index contributed by atoms with van der Waals surface area (Å²) >= 11 is 0. The van der Waals surface area contributed by atoms with Crippen LogP contribution in [-0.2, 0) is 9.31 Å². The fourth-order valence-corrected chi connectivity index (χ4v) is 1.54. The van der Waals surface area contributed by atoms with Gasteiger partial charge in [-0.2, -0.15) is 0 Å². The van der Waals surface area contributed by atoms with Crippen LogP contribution in [0.3, 0.4) is 0 Å². The second-order valence-electron chi connectivity index (χ2n) is 4.32. The summed E-state index contributed by atoms with van der Waals surface area (Å²) in [7, 11) is -0.638. The quantitative estimate of drug-likeness (QED) is 0.576. The Morgan fingerprint density at radius 1 is 1.38 bits per heavy atom. The first kappa shape index (κ1) is 11.0. The minimum absolute atomic E-state index is 0.345. The van der Waals surface area contributed by atoms with Crippen molar-refractivity contribution in [1.29, 1.82) is 0 Å². The normalized spacial score (nSPS) is 18.7. The van der Waals surface area contributed by atoms with Gasteiger partial charge in [-0.15, -0.1) is 0 Å². The Bertz CT molecular complexity index is 427. The zero-order valence-corrected chi connectivity index (χ0v) is 9.29. The molecular formula is C11H13BFNO2. The molecule has 0 spiro atoms. The summed E-state index contributed by atoms with van der Waals surface area (Å²) in [5.74, 6) is 0.123. The summed E-state index contributed by atoms with van der Waals surface area (Å²) < 4.78 is 24.2. The zero-order chi connectivity index (χ0) is 11.9. The minimum Gasteiger partial charge on any atom is -0.534 e. The lowest BCUT2D eigenvalue weighted by Gasteiger charge is -2.15. The van der Waals surface area contributed by atoms with Gasteiger partial charge in [-0.1, -0.05) is 6.58 Å². The molecule has 1 aliphatic heterocycles. The highest BCUT2D eigenvalue weighted by Crippen LogP contribution is 2.29. The fraction of sp³-hybridized carbons (Fsp3) is 0.273. The lowest BCUT2D eigenvalue weighted by atomic mass is 9.79. The Morgan fingerprint density at radius 3 is 2.56 bits per heavy atom. The number of halogens is 1. The monoisotopic (exact) mass is 221 g/mol. The third-order valence-corrected chi connectivity index (χ3v) is 2.54. The first-order valence-electron chi connectivity index (χ1n) is 4.98. The maximum atomic E-state index is 13.2. The molecule has 2 rings (SSSR count). The van der Waals surface area contributed by atoms with Crippen LogP contribution in [0.2, 0.25) is 0 Å².